The molecule has 0 unspecified atom stereocenters. The maximum atomic E-state index is 12.8. The van der Waals surface area contributed by atoms with Crippen LogP contribution >= 0.6 is 0 Å². The zero-order valence-electron chi connectivity index (χ0n) is 20.8. The number of ether oxygens (including phenoxy) is 2. The highest BCUT2D eigenvalue weighted by Crippen LogP contribution is 2.35. The van der Waals surface area contributed by atoms with Gasteiger partial charge in [0.05, 0.1) is 17.8 Å². The summed E-state index contributed by atoms with van der Waals surface area (Å²) in [7, 11) is 0. The Balaban J connectivity index is 1.71. The van der Waals surface area contributed by atoms with Crippen molar-refractivity contribution in [2.24, 2.45) is 0 Å². The van der Waals surface area contributed by atoms with E-state index in [1.807, 2.05) is 58.9 Å². The lowest BCUT2D eigenvalue weighted by Gasteiger charge is -2.31. The monoisotopic (exact) mass is 476 g/mol. The van der Waals surface area contributed by atoms with Crippen LogP contribution in [-0.2, 0) is 17.7 Å². The number of aryl methyl sites for hydroxylation is 2. The van der Waals surface area contributed by atoms with Gasteiger partial charge in [0.1, 0.15) is 11.4 Å². The predicted octanol–water partition coefficient (Wildman–Crippen LogP) is 5.09. The molecule has 0 spiro atoms. The van der Waals surface area contributed by atoms with Crippen LogP contribution in [0.5, 0.6) is 11.6 Å². The number of nitrogens with zero attached hydrogens (tertiary/aromatic N) is 3. The first-order valence-electron chi connectivity index (χ1n) is 11.5. The highest BCUT2D eigenvalue weighted by Gasteiger charge is 2.30. The molecule has 1 aromatic heterocycles. The molecule has 2 heterocycles. The summed E-state index contributed by atoms with van der Waals surface area (Å²) >= 11 is 0. The number of anilines is 4. The van der Waals surface area contributed by atoms with E-state index in [4.69, 9.17) is 25.9 Å². The van der Waals surface area contributed by atoms with Crippen LogP contribution in [0.2, 0.25) is 0 Å². The van der Waals surface area contributed by atoms with Gasteiger partial charge in [-0.15, -0.1) is 0 Å². The zero-order valence-corrected chi connectivity index (χ0v) is 20.8. The minimum absolute atomic E-state index is 0.287. The van der Waals surface area contributed by atoms with E-state index >= 15 is 0 Å². The number of nitrogens with one attached hydrogen (secondary N) is 1. The van der Waals surface area contributed by atoms with Crippen molar-refractivity contribution in [3.8, 4) is 11.6 Å². The number of fused-ring (bicyclic) bond motifs is 1. The van der Waals surface area contributed by atoms with Crippen molar-refractivity contribution in [2.75, 3.05) is 23.3 Å². The van der Waals surface area contributed by atoms with Crippen molar-refractivity contribution < 1.29 is 14.3 Å². The second-order valence-electron chi connectivity index (χ2n) is 9.76. The van der Waals surface area contributed by atoms with E-state index in [1.165, 1.54) is 0 Å². The molecule has 9 heteroatoms. The molecule has 0 saturated carbocycles. The summed E-state index contributed by atoms with van der Waals surface area (Å²) in [6, 6.07) is 11.0. The fraction of sp³-hybridized carbons (Fsp3) is 0.346. The van der Waals surface area contributed by atoms with Gasteiger partial charge in [-0.1, -0.05) is 0 Å². The Kier molecular flexibility index (Phi) is 6.43. The molecular formula is C26H32N6O3. The zero-order chi connectivity index (χ0) is 25.3. The summed E-state index contributed by atoms with van der Waals surface area (Å²) in [5.41, 5.74) is 16.7. The number of benzene rings is 2. The van der Waals surface area contributed by atoms with Crippen molar-refractivity contribution in [1.82, 2.24) is 14.9 Å². The summed E-state index contributed by atoms with van der Waals surface area (Å²) in [6.45, 7) is 10.2. The van der Waals surface area contributed by atoms with Gasteiger partial charge in [-0.2, -0.15) is 4.98 Å². The number of carbonyl (C=O) groups is 1. The topological polar surface area (TPSA) is 129 Å². The fourth-order valence-electron chi connectivity index (χ4n) is 3.94. The molecule has 3 aromatic rings. The smallest absolute Gasteiger partial charge is 0.410 e. The molecule has 2 aromatic carbocycles. The first-order chi connectivity index (χ1) is 16.5. The summed E-state index contributed by atoms with van der Waals surface area (Å²) < 4.78 is 12.0. The summed E-state index contributed by atoms with van der Waals surface area (Å²) in [6.07, 6.45) is 0.168. The highest BCUT2D eigenvalue weighted by molar-refractivity contribution is 5.69. The summed E-state index contributed by atoms with van der Waals surface area (Å²) in [5, 5.41) is 3.23. The Morgan fingerprint density at radius 3 is 2.31 bits per heavy atom. The van der Waals surface area contributed by atoms with Gasteiger partial charge in [0.2, 0.25) is 11.8 Å². The summed E-state index contributed by atoms with van der Waals surface area (Å²) in [5.74, 6) is 1.46. The molecule has 4 rings (SSSR count). The molecule has 0 fully saturated rings. The molecule has 9 nitrogen and oxygen atoms in total. The van der Waals surface area contributed by atoms with E-state index in [0.29, 0.717) is 41.9 Å². The quantitative estimate of drug-likeness (QED) is 0.444. The number of carbonyl (C=O) groups excluding carboxylic acids is 1. The van der Waals surface area contributed by atoms with Crippen molar-refractivity contribution in [3.63, 3.8) is 0 Å². The SMILES string of the molecule is Cc1cc(N)cc(C)c1Oc1nc(Nc2ccc(N)cc2)nc2c1CN(C(=O)OC(C)(C)C)CC2. The van der Waals surface area contributed by atoms with Crippen LogP contribution in [0.4, 0.5) is 27.8 Å². The van der Waals surface area contributed by atoms with Gasteiger partial charge in [-0.3, -0.25) is 0 Å². The number of aromatic nitrogens is 2. The van der Waals surface area contributed by atoms with Gasteiger partial charge in [0.15, 0.2) is 0 Å². The number of nitrogen functional groups attached to an aromatic ring is 2. The fourth-order valence-corrected chi connectivity index (χ4v) is 3.94. The van der Waals surface area contributed by atoms with Crippen LogP contribution in [0.15, 0.2) is 36.4 Å². The molecule has 1 aliphatic heterocycles. The predicted molar refractivity (Wildman–Crippen MR) is 137 cm³/mol. The molecule has 184 valence electrons. The van der Waals surface area contributed by atoms with E-state index in [0.717, 1.165) is 28.1 Å². The van der Waals surface area contributed by atoms with Crippen LogP contribution < -0.4 is 21.5 Å². The number of amides is 1. The number of nitrogens with two attached hydrogens (primary N) is 2. The maximum absolute atomic E-state index is 12.8. The average Bonchev–Trinajstić information content (AvgIpc) is 2.76. The molecule has 1 aliphatic rings. The Morgan fingerprint density at radius 2 is 1.69 bits per heavy atom. The van der Waals surface area contributed by atoms with Gasteiger partial charge in [-0.05, 0) is 82.1 Å². The van der Waals surface area contributed by atoms with E-state index in [9.17, 15) is 4.79 Å². The number of hydrogen-bond acceptors (Lipinski definition) is 8. The molecular weight excluding hydrogens is 444 g/mol. The lowest BCUT2D eigenvalue weighted by atomic mass is 10.1. The molecule has 35 heavy (non-hydrogen) atoms. The van der Waals surface area contributed by atoms with E-state index < -0.39 is 5.60 Å². The molecule has 1 amide bonds. The second-order valence-corrected chi connectivity index (χ2v) is 9.76. The van der Waals surface area contributed by atoms with Gasteiger partial charge in [-0.25, -0.2) is 9.78 Å². The summed E-state index contributed by atoms with van der Waals surface area (Å²) in [4.78, 5) is 23.8. The number of hydrogen-bond donors (Lipinski definition) is 3. The average molecular weight is 477 g/mol. The van der Waals surface area contributed by atoms with Crippen LogP contribution in [0.3, 0.4) is 0 Å². The molecule has 0 radical (unpaired) electrons. The minimum atomic E-state index is -0.585. The molecule has 0 atom stereocenters. The third-order valence-electron chi connectivity index (χ3n) is 5.52. The van der Waals surface area contributed by atoms with Gasteiger partial charge in [0.25, 0.3) is 0 Å². The van der Waals surface area contributed by atoms with Crippen LogP contribution in [-0.4, -0.2) is 33.1 Å². The normalized spacial score (nSPS) is 13.2. The largest absolute Gasteiger partial charge is 0.444 e. The maximum Gasteiger partial charge on any atom is 0.410 e. The van der Waals surface area contributed by atoms with Crippen LogP contribution in [0, 0.1) is 13.8 Å². The highest BCUT2D eigenvalue weighted by atomic mass is 16.6. The van der Waals surface area contributed by atoms with Crippen molar-refractivity contribution in [2.45, 2.75) is 53.2 Å². The lowest BCUT2D eigenvalue weighted by molar-refractivity contribution is 0.0221. The Bertz CT molecular complexity index is 1230. The lowest BCUT2D eigenvalue weighted by Crippen LogP contribution is -2.40. The first kappa shape index (κ1) is 24.1. The molecule has 0 bridgehead atoms. The van der Waals surface area contributed by atoms with Gasteiger partial charge >= 0.3 is 6.09 Å². The van der Waals surface area contributed by atoms with Crippen LogP contribution in [0.25, 0.3) is 0 Å². The van der Waals surface area contributed by atoms with Crippen LogP contribution in [0.1, 0.15) is 43.2 Å². The van der Waals surface area contributed by atoms with Crippen molar-refractivity contribution >= 4 is 29.1 Å². The molecule has 0 aliphatic carbocycles. The van der Waals surface area contributed by atoms with Gasteiger partial charge in [0, 0.05) is 30.0 Å². The standard InChI is InChI=1S/C26H32N6O3/c1-15-12-18(28)13-16(2)22(15)34-23-20-14-32(25(33)35-26(3,4)5)11-10-21(20)30-24(31-23)29-19-8-6-17(27)7-9-19/h6-9,12-13H,10-11,14,27-28H2,1-5H3,(H,29,30,31). The molecule has 5 N–H and O–H groups in total. The number of rotatable bonds is 4. The second kappa shape index (κ2) is 9.32. The van der Waals surface area contributed by atoms with E-state index in [1.54, 1.807) is 17.0 Å². The Labute approximate surface area is 205 Å². The third-order valence-corrected chi connectivity index (χ3v) is 5.52. The first-order valence-corrected chi connectivity index (χ1v) is 11.5. The van der Waals surface area contributed by atoms with Crippen molar-refractivity contribution in [1.29, 1.82) is 0 Å². The molecule has 0 saturated heterocycles. The Morgan fingerprint density at radius 1 is 1.03 bits per heavy atom. The van der Waals surface area contributed by atoms with E-state index in [2.05, 4.69) is 10.3 Å². The third kappa shape index (κ3) is 5.74. The van der Waals surface area contributed by atoms with Gasteiger partial charge < -0.3 is 31.2 Å². The van der Waals surface area contributed by atoms with Crippen molar-refractivity contribution in [3.05, 3.63) is 58.8 Å². The van der Waals surface area contributed by atoms with E-state index in [-0.39, 0.29) is 12.6 Å². The Hall–Kier alpha value is -4.01. The minimum Gasteiger partial charge on any atom is -0.444 e.